The highest BCUT2D eigenvalue weighted by atomic mass is 35.5. The van der Waals surface area contributed by atoms with Crippen LogP contribution in [0.1, 0.15) is 16.7 Å². The first kappa shape index (κ1) is 13.8. The van der Waals surface area contributed by atoms with Crippen molar-refractivity contribution in [2.75, 3.05) is 0 Å². The summed E-state index contributed by atoms with van der Waals surface area (Å²) in [6.07, 6.45) is 0. The summed E-state index contributed by atoms with van der Waals surface area (Å²) in [6.45, 7) is 2.55. The predicted molar refractivity (Wildman–Crippen MR) is 74.8 cm³/mol. The minimum absolute atomic E-state index is 0.283. The van der Waals surface area contributed by atoms with Gasteiger partial charge in [-0.3, -0.25) is 0 Å². The van der Waals surface area contributed by atoms with Gasteiger partial charge in [-0.15, -0.1) is 0 Å². The second kappa shape index (κ2) is 6.04. The molecule has 0 atom stereocenters. The van der Waals surface area contributed by atoms with Crippen LogP contribution in [0.3, 0.4) is 0 Å². The van der Waals surface area contributed by atoms with Gasteiger partial charge in [0.25, 0.3) is 0 Å². The third-order valence-corrected chi connectivity index (χ3v) is 3.34. The molecule has 2 rings (SSSR count). The molecule has 2 nitrogen and oxygen atoms in total. The highest BCUT2D eigenvalue weighted by Crippen LogP contribution is 2.22. The Morgan fingerprint density at radius 1 is 1.16 bits per heavy atom. The van der Waals surface area contributed by atoms with Crippen LogP contribution in [0.5, 0.6) is 5.75 Å². The molecule has 0 unspecified atom stereocenters. The van der Waals surface area contributed by atoms with E-state index in [1.165, 1.54) is 12.1 Å². The Bertz CT molecular complexity index is 586. The van der Waals surface area contributed by atoms with Gasteiger partial charge >= 0.3 is 0 Å². The fourth-order valence-corrected chi connectivity index (χ4v) is 1.91. The number of nitrogens with two attached hydrogens (primary N) is 1. The molecule has 0 saturated carbocycles. The van der Waals surface area contributed by atoms with Gasteiger partial charge in [0.15, 0.2) is 0 Å². The molecule has 4 heteroatoms. The first-order valence-corrected chi connectivity index (χ1v) is 6.34. The predicted octanol–water partition coefficient (Wildman–Crippen LogP) is 3.83. The molecule has 19 heavy (non-hydrogen) atoms. The molecule has 0 radical (unpaired) electrons. The standard InChI is InChI=1S/C15H15ClFNO/c1-10-6-14(4-5-15(10)16)19-9-12-7-13(17)3-2-11(12)8-18/h2-7H,8-9,18H2,1H3. The van der Waals surface area contributed by atoms with Crippen molar-refractivity contribution in [3.63, 3.8) is 0 Å². The zero-order chi connectivity index (χ0) is 13.8. The molecule has 2 aromatic rings. The Kier molecular flexibility index (Phi) is 4.40. The van der Waals surface area contributed by atoms with Crippen LogP contribution < -0.4 is 10.5 Å². The van der Waals surface area contributed by atoms with Crippen LogP contribution in [0.2, 0.25) is 5.02 Å². The molecule has 2 aromatic carbocycles. The van der Waals surface area contributed by atoms with Crippen molar-refractivity contribution in [1.82, 2.24) is 0 Å². The van der Waals surface area contributed by atoms with Crippen molar-refractivity contribution in [1.29, 1.82) is 0 Å². The molecular weight excluding hydrogens is 265 g/mol. The minimum Gasteiger partial charge on any atom is -0.489 e. The zero-order valence-corrected chi connectivity index (χ0v) is 11.4. The second-order valence-corrected chi connectivity index (χ2v) is 4.72. The van der Waals surface area contributed by atoms with Gasteiger partial charge in [-0.25, -0.2) is 4.39 Å². The zero-order valence-electron chi connectivity index (χ0n) is 10.6. The molecule has 0 aromatic heterocycles. The quantitative estimate of drug-likeness (QED) is 0.923. The van der Waals surface area contributed by atoms with Crippen LogP contribution in [0.25, 0.3) is 0 Å². The maximum absolute atomic E-state index is 13.2. The van der Waals surface area contributed by atoms with E-state index in [2.05, 4.69) is 0 Å². The molecule has 0 amide bonds. The largest absolute Gasteiger partial charge is 0.489 e. The lowest BCUT2D eigenvalue weighted by Gasteiger charge is -2.11. The van der Waals surface area contributed by atoms with Crippen molar-refractivity contribution in [2.24, 2.45) is 5.73 Å². The molecule has 0 aliphatic carbocycles. The highest BCUT2D eigenvalue weighted by molar-refractivity contribution is 6.31. The van der Waals surface area contributed by atoms with Crippen molar-refractivity contribution >= 4 is 11.6 Å². The number of halogens is 2. The van der Waals surface area contributed by atoms with Gasteiger partial charge < -0.3 is 10.5 Å². The molecule has 0 saturated heterocycles. The molecule has 2 N–H and O–H groups in total. The summed E-state index contributed by atoms with van der Waals surface area (Å²) in [7, 11) is 0. The van der Waals surface area contributed by atoms with Crippen molar-refractivity contribution in [2.45, 2.75) is 20.1 Å². The van der Waals surface area contributed by atoms with Crippen LogP contribution in [-0.4, -0.2) is 0 Å². The van der Waals surface area contributed by atoms with Gasteiger partial charge in [-0.2, -0.15) is 0 Å². The van der Waals surface area contributed by atoms with E-state index >= 15 is 0 Å². The smallest absolute Gasteiger partial charge is 0.123 e. The number of ether oxygens (including phenoxy) is 1. The lowest BCUT2D eigenvalue weighted by Crippen LogP contribution is -2.05. The van der Waals surface area contributed by atoms with E-state index in [0.29, 0.717) is 17.3 Å². The molecule has 0 spiro atoms. The number of rotatable bonds is 4. The third kappa shape index (κ3) is 3.46. The van der Waals surface area contributed by atoms with E-state index in [-0.39, 0.29) is 12.4 Å². The summed E-state index contributed by atoms with van der Waals surface area (Å²) in [5.74, 6) is 0.414. The van der Waals surface area contributed by atoms with Crippen LogP contribution in [-0.2, 0) is 13.2 Å². The van der Waals surface area contributed by atoms with Crippen LogP contribution in [0.15, 0.2) is 36.4 Å². The average Bonchev–Trinajstić information content (AvgIpc) is 2.40. The van der Waals surface area contributed by atoms with E-state index in [0.717, 1.165) is 16.7 Å². The lowest BCUT2D eigenvalue weighted by molar-refractivity contribution is 0.304. The van der Waals surface area contributed by atoms with Gasteiger partial charge in [0.1, 0.15) is 18.2 Å². The molecular formula is C15H15ClFNO. The minimum atomic E-state index is -0.289. The van der Waals surface area contributed by atoms with E-state index in [9.17, 15) is 4.39 Å². The van der Waals surface area contributed by atoms with Crippen molar-refractivity contribution < 1.29 is 9.13 Å². The van der Waals surface area contributed by atoms with E-state index in [1.807, 2.05) is 13.0 Å². The van der Waals surface area contributed by atoms with Crippen LogP contribution in [0, 0.1) is 12.7 Å². The first-order valence-electron chi connectivity index (χ1n) is 5.96. The molecule has 0 aliphatic rings. The Balaban J connectivity index is 2.13. The summed E-state index contributed by atoms with van der Waals surface area (Å²) in [5, 5.41) is 0.695. The normalized spacial score (nSPS) is 10.5. The summed E-state index contributed by atoms with van der Waals surface area (Å²) in [5.41, 5.74) is 8.20. The second-order valence-electron chi connectivity index (χ2n) is 4.32. The van der Waals surface area contributed by atoms with E-state index in [1.54, 1.807) is 18.2 Å². The van der Waals surface area contributed by atoms with Crippen LogP contribution in [0.4, 0.5) is 4.39 Å². The molecule has 0 bridgehead atoms. The number of benzene rings is 2. The Morgan fingerprint density at radius 3 is 2.63 bits per heavy atom. The van der Waals surface area contributed by atoms with Crippen molar-refractivity contribution in [3.05, 3.63) is 63.9 Å². The Hall–Kier alpha value is -1.58. The van der Waals surface area contributed by atoms with Crippen molar-refractivity contribution in [3.8, 4) is 5.75 Å². The maximum atomic E-state index is 13.2. The number of hydrogen-bond acceptors (Lipinski definition) is 2. The lowest BCUT2D eigenvalue weighted by atomic mass is 10.1. The van der Waals surface area contributed by atoms with Gasteiger partial charge in [0.2, 0.25) is 0 Å². The number of aryl methyl sites for hydroxylation is 1. The monoisotopic (exact) mass is 279 g/mol. The Morgan fingerprint density at radius 2 is 1.95 bits per heavy atom. The third-order valence-electron chi connectivity index (χ3n) is 2.91. The Labute approximate surface area is 117 Å². The number of hydrogen-bond donors (Lipinski definition) is 1. The van der Waals surface area contributed by atoms with E-state index in [4.69, 9.17) is 22.1 Å². The van der Waals surface area contributed by atoms with E-state index < -0.39 is 0 Å². The summed E-state index contributed by atoms with van der Waals surface area (Å²) in [6, 6.07) is 9.95. The topological polar surface area (TPSA) is 35.2 Å². The summed E-state index contributed by atoms with van der Waals surface area (Å²) < 4.78 is 18.9. The van der Waals surface area contributed by atoms with Gasteiger partial charge in [0.05, 0.1) is 0 Å². The highest BCUT2D eigenvalue weighted by Gasteiger charge is 2.05. The average molecular weight is 280 g/mol. The summed E-state index contributed by atoms with van der Waals surface area (Å²) >= 11 is 5.94. The molecule has 100 valence electrons. The fourth-order valence-electron chi connectivity index (χ4n) is 1.80. The van der Waals surface area contributed by atoms with Gasteiger partial charge in [-0.05, 0) is 53.9 Å². The van der Waals surface area contributed by atoms with Gasteiger partial charge in [0, 0.05) is 11.6 Å². The molecule has 0 aliphatic heterocycles. The van der Waals surface area contributed by atoms with Crippen LogP contribution >= 0.6 is 11.6 Å². The SMILES string of the molecule is Cc1cc(OCc2cc(F)ccc2CN)ccc1Cl. The molecule has 0 fully saturated rings. The summed E-state index contributed by atoms with van der Waals surface area (Å²) in [4.78, 5) is 0. The first-order chi connectivity index (χ1) is 9.10. The van der Waals surface area contributed by atoms with Gasteiger partial charge in [-0.1, -0.05) is 17.7 Å². The maximum Gasteiger partial charge on any atom is 0.123 e. The fraction of sp³-hybridized carbons (Fsp3) is 0.200. The molecule has 0 heterocycles.